The summed E-state index contributed by atoms with van der Waals surface area (Å²) in [5.41, 5.74) is 0.974. The summed E-state index contributed by atoms with van der Waals surface area (Å²) in [5, 5.41) is 0. The first-order valence-corrected chi connectivity index (χ1v) is 6.70. The van der Waals surface area contributed by atoms with Crippen molar-refractivity contribution in [2.75, 3.05) is 6.61 Å². The number of ether oxygens (including phenoxy) is 3. The fraction of sp³-hybridized carbons (Fsp3) is 0.571. The predicted molar refractivity (Wildman–Crippen MR) is 71.2 cm³/mol. The highest BCUT2D eigenvalue weighted by atomic mass is 16.7. The summed E-state index contributed by atoms with van der Waals surface area (Å²) in [6.45, 7) is 3.43. The number of benzene rings is 1. The molecule has 2 saturated heterocycles. The number of hydrogen-bond donors (Lipinski definition) is 0. The molecule has 1 aromatic rings. The Balaban J connectivity index is 1.69. The highest BCUT2D eigenvalue weighted by Crippen LogP contribution is 2.43. The monoisotopic (exact) mass is 246 g/mol. The largest absolute Gasteiger partial charge is 0.373 e. The van der Waals surface area contributed by atoms with Crippen LogP contribution in [0.4, 0.5) is 0 Å². The fourth-order valence-electron chi connectivity index (χ4n) is 3.02. The molecule has 0 spiro atoms. The van der Waals surface area contributed by atoms with E-state index in [4.69, 9.17) is 14.2 Å². The van der Waals surface area contributed by atoms with Crippen molar-refractivity contribution in [3.05, 3.63) is 35.9 Å². The van der Waals surface area contributed by atoms with Crippen LogP contribution in [-0.2, 0) is 20.8 Å². The molecule has 0 amide bonds. The quantitative estimate of drug-likeness (QED) is 0.745. The number of hydrogen-bond acceptors (Lipinski definition) is 3. The van der Waals surface area contributed by atoms with Crippen LogP contribution in [0, 0.1) is 0 Å². The van der Waals surface area contributed by atoms with Gasteiger partial charge in [-0.25, -0.2) is 0 Å². The maximum absolute atomic E-state index is 6.09. The maximum Gasteiger partial charge on any atom is 0.142 e. The normalized spacial score (nSPS) is 38.2. The lowest BCUT2D eigenvalue weighted by Gasteiger charge is -2.29. The first-order chi connectivity index (χ1) is 8.75. The van der Waals surface area contributed by atoms with Gasteiger partial charge in [0.1, 0.15) is 25.7 Å². The summed E-state index contributed by atoms with van der Waals surface area (Å²) in [6.07, 6.45) is 1.10. The molecule has 2 aliphatic rings. The molecule has 0 aliphatic carbocycles. The van der Waals surface area contributed by atoms with Crippen molar-refractivity contribution >= 4 is 7.85 Å². The molecule has 1 aromatic carbocycles. The number of fused-ring (bicyclic) bond motifs is 2. The van der Waals surface area contributed by atoms with Crippen molar-refractivity contribution in [1.29, 1.82) is 0 Å². The Bertz CT molecular complexity index is 411. The van der Waals surface area contributed by atoms with Crippen molar-refractivity contribution in [3.8, 4) is 0 Å². The first kappa shape index (κ1) is 12.2. The van der Waals surface area contributed by atoms with E-state index in [0.717, 1.165) is 6.42 Å². The van der Waals surface area contributed by atoms with Gasteiger partial charge in [0.2, 0.25) is 0 Å². The average Bonchev–Trinajstić information content (AvgIpc) is 2.89. The third kappa shape index (κ3) is 1.89. The van der Waals surface area contributed by atoms with Gasteiger partial charge in [0.25, 0.3) is 0 Å². The van der Waals surface area contributed by atoms with Gasteiger partial charge in [-0.3, -0.25) is 0 Å². The van der Waals surface area contributed by atoms with Crippen molar-refractivity contribution in [2.45, 2.75) is 43.8 Å². The van der Waals surface area contributed by atoms with E-state index in [-0.39, 0.29) is 23.8 Å². The van der Waals surface area contributed by atoms with Gasteiger partial charge in [-0.2, -0.15) is 0 Å². The molecule has 2 aliphatic heterocycles. The minimum atomic E-state index is -0.223. The topological polar surface area (TPSA) is 27.7 Å². The Kier molecular flexibility index (Phi) is 3.18. The van der Waals surface area contributed by atoms with Gasteiger partial charge in [-0.15, -0.1) is 0 Å². The van der Waals surface area contributed by atoms with Crippen LogP contribution in [0.5, 0.6) is 0 Å². The molecule has 2 bridgehead atoms. The second kappa shape index (κ2) is 4.69. The lowest BCUT2D eigenvalue weighted by molar-refractivity contribution is -0.123. The van der Waals surface area contributed by atoms with Gasteiger partial charge in [0.05, 0.1) is 19.2 Å². The summed E-state index contributed by atoms with van der Waals surface area (Å²) >= 11 is 0. The van der Waals surface area contributed by atoms with Crippen molar-refractivity contribution in [3.63, 3.8) is 0 Å². The van der Waals surface area contributed by atoms with E-state index < -0.39 is 0 Å². The minimum Gasteiger partial charge on any atom is -0.373 e. The molecular formula is C14H19BO3. The van der Waals surface area contributed by atoms with Crippen LogP contribution in [0.25, 0.3) is 0 Å². The van der Waals surface area contributed by atoms with Crippen molar-refractivity contribution in [2.24, 2.45) is 0 Å². The third-order valence-electron chi connectivity index (χ3n) is 4.09. The van der Waals surface area contributed by atoms with Gasteiger partial charge in [0, 0.05) is 0 Å². The Morgan fingerprint density at radius 2 is 2.17 bits per heavy atom. The van der Waals surface area contributed by atoms with Crippen LogP contribution in [0.1, 0.15) is 18.9 Å². The van der Waals surface area contributed by atoms with Gasteiger partial charge in [-0.1, -0.05) is 37.3 Å². The van der Waals surface area contributed by atoms with E-state index in [1.807, 2.05) is 18.2 Å². The molecule has 3 rings (SSSR count). The molecule has 4 atom stereocenters. The van der Waals surface area contributed by atoms with Gasteiger partial charge in [0.15, 0.2) is 0 Å². The Morgan fingerprint density at radius 1 is 1.39 bits per heavy atom. The summed E-state index contributed by atoms with van der Waals surface area (Å²) in [6, 6.07) is 10.4. The van der Waals surface area contributed by atoms with Gasteiger partial charge in [-0.05, 0) is 12.0 Å². The molecule has 0 aromatic heterocycles. The Labute approximate surface area is 109 Å². The minimum absolute atomic E-state index is 0.0673. The van der Waals surface area contributed by atoms with Crippen LogP contribution in [0.2, 0.25) is 0 Å². The van der Waals surface area contributed by atoms with E-state index in [9.17, 15) is 0 Å². The van der Waals surface area contributed by atoms with Crippen LogP contribution >= 0.6 is 0 Å². The van der Waals surface area contributed by atoms with Crippen LogP contribution in [0.15, 0.2) is 30.3 Å². The zero-order valence-corrected chi connectivity index (χ0v) is 11.0. The summed E-state index contributed by atoms with van der Waals surface area (Å²) in [5.74, 6) is 0. The Morgan fingerprint density at radius 3 is 2.83 bits per heavy atom. The maximum atomic E-state index is 6.09. The summed E-state index contributed by atoms with van der Waals surface area (Å²) < 4.78 is 17.9. The molecule has 0 N–H and O–H groups in total. The molecular weight excluding hydrogens is 227 g/mol. The average molecular weight is 246 g/mol. The Hall–Kier alpha value is -0.835. The highest BCUT2D eigenvalue weighted by Gasteiger charge is 2.59. The molecule has 2 heterocycles. The fourth-order valence-corrected chi connectivity index (χ4v) is 3.02. The smallest absolute Gasteiger partial charge is 0.142 e. The van der Waals surface area contributed by atoms with Crippen molar-refractivity contribution in [1.82, 2.24) is 0 Å². The van der Waals surface area contributed by atoms with Gasteiger partial charge >= 0.3 is 0 Å². The van der Waals surface area contributed by atoms with E-state index >= 15 is 0 Å². The van der Waals surface area contributed by atoms with Crippen LogP contribution in [-0.4, -0.2) is 38.3 Å². The van der Waals surface area contributed by atoms with Crippen molar-refractivity contribution < 1.29 is 14.2 Å². The SMILES string of the molecule is B[C@@H]1O[C@@]2(CC)COC1[C@H]2OCc1ccccc1. The van der Waals surface area contributed by atoms with E-state index in [1.165, 1.54) is 5.56 Å². The molecule has 3 nitrogen and oxygen atoms in total. The lowest BCUT2D eigenvalue weighted by atomic mass is 9.90. The predicted octanol–water partition coefficient (Wildman–Crippen LogP) is 1.11. The first-order valence-electron chi connectivity index (χ1n) is 6.70. The number of rotatable bonds is 4. The zero-order valence-electron chi connectivity index (χ0n) is 11.0. The third-order valence-corrected chi connectivity index (χ3v) is 4.09. The summed E-state index contributed by atoms with van der Waals surface area (Å²) in [4.78, 5) is 0. The molecule has 96 valence electrons. The summed E-state index contributed by atoms with van der Waals surface area (Å²) in [7, 11) is 2.07. The van der Waals surface area contributed by atoms with E-state index in [0.29, 0.717) is 13.2 Å². The molecule has 0 saturated carbocycles. The molecule has 18 heavy (non-hydrogen) atoms. The molecule has 2 fully saturated rings. The van der Waals surface area contributed by atoms with Crippen LogP contribution in [0.3, 0.4) is 0 Å². The van der Waals surface area contributed by atoms with E-state index in [2.05, 4.69) is 26.9 Å². The zero-order chi connectivity index (χ0) is 12.6. The molecule has 0 radical (unpaired) electrons. The second-order valence-corrected chi connectivity index (χ2v) is 5.23. The molecule has 1 unspecified atom stereocenters. The van der Waals surface area contributed by atoms with Crippen LogP contribution < -0.4 is 0 Å². The highest BCUT2D eigenvalue weighted by molar-refractivity contribution is 6.11. The molecule has 4 heteroatoms. The standard InChI is InChI=1S/C14H19BO3/c1-2-14-9-17-11(13(15)18-14)12(14)16-8-10-6-4-3-5-7-10/h3-7,11-13H,2,8-9,15H2,1H3/t11?,12-,13-,14+/m1/s1. The van der Waals surface area contributed by atoms with Gasteiger partial charge < -0.3 is 14.2 Å². The second-order valence-electron chi connectivity index (χ2n) is 5.23. The lowest BCUT2D eigenvalue weighted by Crippen LogP contribution is -2.41. The van der Waals surface area contributed by atoms with E-state index in [1.54, 1.807) is 0 Å².